The molecule has 3 nitrogen and oxygen atoms in total. The maximum Gasteiger partial charge on any atom is 0.0825 e. The van der Waals surface area contributed by atoms with E-state index < -0.39 is 0 Å². The van der Waals surface area contributed by atoms with Crippen LogP contribution in [0.5, 0.6) is 0 Å². The van der Waals surface area contributed by atoms with Crippen LogP contribution < -0.4 is 0 Å². The Bertz CT molecular complexity index is 455. The van der Waals surface area contributed by atoms with E-state index in [0.29, 0.717) is 0 Å². The number of ether oxygens (including phenoxy) is 1. The zero-order valence-electron chi connectivity index (χ0n) is 9.75. The summed E-state index contributed by atoms with van der Waals surface area (Å²) in [6, 6.07) is 10.4. The van der Waals surface area contributed by atoms with Crippen molar-refractivity contribution in [2.75, 3.05) is 6.61 Å². The first-order chi connectivity index (χ1) is 8.43. The van der Waals surface area contributed by atoms with Crippen molar-refractivity contribution in [3.63, 3.8) is 0 Å². The Kier molecular flexibility index (Phi) is 2.92. The number of hydrogen-bond acceptors (Lipinski definition) is 2. The van der Waals surface area contributed by atoms with Crippen LogP contribution >= 0.6 is 0 Å². The molecule has 1 unspecified atom stereocenters. The Morgan fingerprint density at radius 2 is 2.06 bits per heavy atom. The summed E-state index contributed by atoms with van der Waals surface area (Å²) in [7, 11) is 0. The van der Waals surface area contributed by atoms with E-state index in [4.69, 9.17) is 4.74 Å². The lowest BCUT2D eigenvalue weighted by molar-refractivity contribution is 0.0149. The lowest BCUT2D eigenvalue weighted by Crippen LogP contribution is -2.11. The van der Waals surface area contributed by atoms with Crippen LogP contribution in [0.25, 0.3) is 5.69 Å². The topological polar surface area (TPSA) is 27.1 Å². The second-order valence-electron chi connectivity index (χ2n) is 4.40. The molecule has 3 heteroatoms. The fraction of sp³-hybridized carbons (Fsp3) is 0.357. The summed E-state index contributed by atoms with van der Waals surface area (Å²) in [4.78, 5) is 0. The zero-order valence-corrected chi connectivity index (χ0v) is 9.75. The molecule has 0 spiro atoms. The van der Waals surface area contributed by atoms with Crippen LogP contribution in [0, 0.1) is 0 Å². The molecular weight excluding hydrogens is 212 g/mol. The predicted molar refractivity (Wildman–Crippen MR) is 66.1 cm³/mol. The average molecular weight is 228 g/mol. The quantitative estimate of drug-likeness (QED) is 0.789. The van der Waals surface area contributed by atoms with E-state index in [9.17, 15) is 0 Å². The summed E-state index contributed by atoms with van der Waals surface area (Å²) < 4.78 is 7.64. The smallest absolute Gasteiger partial charge is 0.0825 e. The second-order valence-corrected chi connectivity index (χ2v) is 4.40. The number of hydrogen-bond donors (Lipinski definition) is 0. The van der Waals surface area contributed by atoms with Crippen LogP contribution in [0.1, 0.15) is 30.9 Å². The van der Waals surface area contributed by atoms with Gasteiger partial charge in [0.25, 0.3) is 0 Å². The van der Waals surface area contributed by atoms with E-state index in [1.54, 1.807) is 6.20 Å². The number of benzene rings is 1. The highest BCUT2D eigenvalue weighted by Gasteiger charge is 2.15. The largest absolute Gasteiger partial charge is 0.374 e. The molecule has 1 saturated heterocycles. The second kappa shape index (κ2) is 4.72. The van der Waals surface area contributed by atoms with Crippen LogP contribution in [-0.4, -0.2) is 16.4 Å². The number of aromatic nitrogens is 2. The molecule has 0 aliphatic carbocycles. The van der Waals surface area contributed by atoms with E-state index in [-0.39, 0.29) is 6.10 Å². The van der Waals surface area contributed by atoms with Gasteiger partial charge in [0.05, 0.1) is 11.8 Å². The van der Waals surface area contributed by atoms with Gasteiger partial charge >= 0.3 is 0 Å². The Morgan fingerprint density at radius 1 is 1.18 bits per heavy atom. The van der Waals surface area contributed by atoms with E-state index in [0.717, 1.165) is 18.7 Å². The van der Waals surface area contributed by atoms with Crippen LogP contribution in [0.15, 0.2) is 42.7 Å². The monoisotopic (exact) mass is 228 g/mol. The molecule has 0 bridgehead atoms. The van der Waals surface area contributed by atoms with Crippen molar-refractivity contribution in [1.29, 1.82) is 0 Å². The molecule has 17 heavy (non-hydrogen) atoms. The van der Waals surface area contributed by atoms with Crippen LogP contribution in [0.3, 0.4) is 0 Å². The summed E-state index contributed by atoms with van der Waals surface area (Å²) in [6.45, 7) is 0.894. The summed E-state index contributed by atoms with van der Waals surface area (Å²) in [5.41, 5.74) is 2.37. The first-order valence-corrected chi connectivity index (χ1v) is 6.15. The lowest BCUT2D eigenvalue weighted by atomic mass is 10.0. The maximum absolute atomic E-state index is 5.77. The van der Waals surface area contributed by atoms with E-state index in [2.05, 4.69) is 29.4 Å². The van der Waals surface area contributed by atoms with Crippen molar-refractivity contribution in [3.8, 4) is 5.69 Å². The molecule has 1 aromatic heterocycles. The Hall–Kier alpha value is -1.61. The van der Waals surface area contributed by atoms with Crippen molar-refractivity contribution in [1.82, 2.24) is 9.78 Å². The Morgan fingerprint density at radius 3 is 2.71 bits per heavy atom. The van der Waals surface area contributed by atoms with Gasteiger partial charge in [-0.15, -0.1) is 0 Å². The van der Waals surface area contributed by atoms with Crippen molar-refractivity contribution >= 4 is 0 Å². The molecule has 1 aliphatic heterocycles. The maximum atomic E-state index is 5.77. The van der Waals surface area contributed by atoms with Gasteiger partial charge in [-0.1, -0.05) is 12.1 Å². The summed E-state index contributed by atoms with van der Waals surface area (Å²) in [5, 5.41) is 4.21. The minimum Gasteiger partial charge on any atom is -0.374 e. The van der Waals surface area contributed by atoms with Gasteiger partial charge in [-0.2, -0.15) is 5.10 Å². The first-order valence-electron chi connectivity index (χ1n) is 6.15. The standard InChI is InChI=1S/C14H16N2O/c1-2-11-17-14(4-1)12-5-7-13(8-6-12)16-10-3-9-15-16/h3,5-10,14H,1-2,4,11H2. The van der Waals surface area contributed by atoms with Crippen molar-refractivity contribution in [3.05, 3.63) is 48.3 Å². The van der Waals surface area contributed by atoms with Gasteiger partial charge in [0.1, 0.15) is 0 Å². The van der Waals surface area contributed by atoms with Gasteiger partial charge in [0.2, 0.25) is 0 Å². The normalized spacial score (nSPS) is 20.4. The third-order valence-electron chi connectivity index (χ3n) is 3.21. The van der Waals surface area contributed by atoms with Crippen LogP contribution in [0.4, 0.5) is 0 Å². The van der Waals surface area contributed by atoms with Gasteiger partial charge in [-0.25, -0.2) is 4.68 Å². The zero-order chi connectivity index (χ0) is 11.5. The molecule has 0 saturated carbocycles. The van der Waals surface area contributed by atoms with Crippen molar-refractivity contribution < 1.29 is 4.74 Å². The fourth-order valence-electron chi connectivity index (χ4n) is 2.27. The Labute approximate surface area is 101 Å². The van der Waals surface area contributed by atoms with Gasteiger partial charge < -0.3 is 4.74 Å². The van der Waals surface area contributed by atoms with Gasteiger partial charge in [0, 0.05) is 19.0 Å². The highest BCUT2D eigenvalue weighted by atomic mass is 16.5. The fourth-order valence-corrected chi connectivity index (χ4v) is 2.27. The lowest BCUT2D eigenvalue weighted by Gasteiger charge is -2.23. The molecular formula is C14H16N2O. The van der Waals surface area contributed by atoms with E-state index in [1.807, 2.05) is 16.9 Å². The minimum absolute atomic E-state index is 0.287. The molecule has 2 heterocycles. The van der Waals surface area contributed by atoms with Gasteiger partial charge in [0.15, 0.2) is 0 Å². The van der Waals surface area contributed by atoms with E-state index >= 15 is 0 Å². The molecule has 3 rings (SSSR count). The number of rotatable bonds is 2. The summed E-state index contributed by atoms with van der Waals surface area (Å²) in [5.74, 6) is 0. The third kappa shape index (κ3) is 2.24. The molecule has 1 aromatic carbocycles. The van der Waals surface area contributed by atoms with Crippen LogP contribution in [-0.2, 0) is 4.74 Å². The molecule has 88 valence electrons. The molecule has 1 aliphatic rings. The Balaban J connectivity index is 1.80. The van der Waals surface area contributed by atoms with Crippen molar-refractivity contribution in [2.45, 2.75) is 25.4 Å². The van der Waals surface area contributed by atoms with Crippen LogP contribution in [0.2, 0.25) is 0 Å². The molecule has 2 aromatic rings. The van der Waals surface area contributed by atoms with Crippen molar-refractivity contribution in [2.24, 2.45) is 0 Å². The third-order valence-corrected chi connectivity index (χ3v) is 3.21. The van der Waals surface area contributed by atoms with Gasteiger partial charge in [-0.05, 0) is 43.0 Å². The minimum atomic E-state index is 0.287. The van der Waals surface area contributed by atoms with E-state index in [1.165, 1.54) is 18.4 Å². The predicted octanol–water partition coefficient (Wildman–Crippen LogP) is 3.11. The summed E-state index contributed by atoms with van der Waals surface area (Å²) in [6.07, 6.45) is 7.63. The average Bonchev–Trinajstić information content (AvgIpc) is 2.94. The molecule has 1 atom stereocenters. The summed E-state index contributed by atoms with van der Waals surface area (Å²) >= 11 is 0. The molecule has 1 fully saturated rings. The van der Waals surface area contributed by atoms with Gasteiger partial charge in [-0.3, -0.25) is 0 Å². The SMILES string of the molecule is c1cnn(-c2ccc(C3CCCCO3)cc2)c1. The number of nitrogens with zero attached hydrogens (tertiary/aromatic N) is 2. The molecule has 0 radical (unpaired) electrons. The highest BCUT2D eigenvalue weighted by Crippen LogP contribution is 2.28. The molecule has 0 N–H and O–H groups in total. The first kappa shape index (κ1) is 10.5. The molecule has 0 amide bonds. The highest BCUT2D eigenvalue weighted by molar-refractivity contribution is 5.34.